The summed E-state index contributed by atoms with van der Waals surface area (Å²) in [6.45, 7) is 5.23. The van der Waals surface area contributed by atoms with Crippen molar-refractivity contribution in [2.75, 3.05) is 38.2 Å². The van der Waals surface area contributed by atoms with Crippen LogP contribution in [-0.4, -0.2) is 49.1 Å². The van der Waals surface area contributed by atoms with Gasteiger partial charge < -0.3 is 10.2 Å². The minimum absolute atomic E-state index is 0.958. The minimum atomic E-state index is 0.958. The maximum atomic E-state index is 3.47. The van der Waals surface area contributed by atoms with E-state index in [0.717, 1.165) is 12.0 Å². The number of thioether (sulfide) groups is 1. The maximum Gasteiger partial charge on any atom is 0.00965 e. The molecule has 1 heterocycles. The fourth-order valence-corrected chi connectivity index (χ4v) is 3.31. The fourth-order valence-electron chi connectivity index (χ4n) is 2.82. The summed E-state index contributed by atoms with van der Waals surface area (Å²) in [5, 5.41) is 3.47. The molecule has 0 aromatic rings. The molecule has 1 N–H and O–H groups in total. The Bertz CT molecular complexity index is 200. The predicted octanol–water partition coefficient (Wildman–Crippen LogP) is 2.59. The second-order valence-corrected chi connectivity index (χ2v) is 6.60. The van der Waals surface area contributed by atoms with Crippen molar-refractivity contribution in [3.8, 4) is 0 Å². The van der Waals surface area contributed by atoms with Gasteiger partial charge in [-0.05, 0) is 76.1 Å². The molecule has 0 aromatic carbocycles. The maximum absolute atomic E-state index is 3.47. The number of nitrogens with zero attached hydrogens (tertiary/aromatic N) is 1. The SMILES string of the molecule is CSCCCCN(CC1CCNCC1)C1CC1. The summed E-state index contributed by atoms with van der Waals surface area (Å²) in [5.74, 6) is 2.31. The lowest BCUT2D eigenvalue weighted by atomic mass is 9.97. The van der Waals surface area contributed by atoms with E-state index in [1.807, 2.05) is 11.8 Å². The van der Waals surface area contributed by atoms with Gasteiger partial charge in [-0.2, -0.15) is 11.8 Å². The van der Waals surface area contributed by atoms with Gasteiger partial charge in [0.25, 0.3) is 0 Å². The van der Waals surface area contributed by atoms with Crippen molar-refractivity contribution >= 4 is 11.8 Å². The topological polar surface area (TPSA) is 15.3 Å². The van der Waals surface area contributed by atoms with E-state index in [1.165, 1.54) is 70.5 Å². The fraction of sp³-hybridized carbons (Fsp3) is 1.00. The Hall–Kier alpha value is 0.270. The van der Waals surface area contributed by atoms with Crippen LogP contribution in [-0.2, 0) is 0 Å². The van der Waals surface area contributed by atoms with E-state index in [2.05, 4.69) is 16.5 Å². The molecule has 0 atom stereocenters. The average Bonchev–Trinajstić information content (AvgIpc) is 3.19. The van der Waals surface area contributed by atoms with E-state index in [1.54, 1.807) is 0 Å². The third kappa shape index (κ3) is 5.19. The zero-order valence-electron chi connectivity index (χ0n) is 11.3. The van der Waals surface area contributed by atoms with Crippen LogP contribution in [0.5, 0.6) is 0 Å². The Balaban J connectivity index is 1.65. The van der Waals surface area contributed by atoms with Crippen LogP contribution in [0.3, 0.4) is 0 Å². The highest BCUT2D eigenvalue weighted by molar-refractivity contribution is 7.98. The molecule has 1 saturated carbocycles. The van der Waals surface area contributed by atoms with E-state index >= 15 is 0 Å². The number of unbranched alkanes of at least 4 members (excludes halogenated alkanes) is 1. The molecule has 0 unspecified atom stereocenters. The van der Waals surface area contributed by atoms with Gasteiger partial charge in [-0.25, -0.2) is 0 Å². The van der Waals surface area contributed by atoms with Crippen LogP contribution >= 0.6 is 11.8 Å². The summed E-state index contributed by atoms with van der Waals surface area (Å²) in [5.41, 5.74) is 0. The molecule has 0 radical (unpaired) electrons. The summed E-state index contributed by atoms with van der Waals surface area (Å²) >= 11 is 1.99. The molecule has 2 fully saturated rings. The van der Waals surface area contributed by atoms with E-state index in [9.17, 15) is 0 Å². The first-order valence-electron chi connectivity index (χ1n) is 7.34. The van der Waals surface area contributed by atoms with Gasteiger partial charge in [0, 0.05) is 12.6 Å². The van der Waals surface area contributed by atoms with Crippen molar-refractivity contribution in [2.24, 2.45) is 5.92 Å². The molecule has 1 aliphatic heterocycles. The summed E-state index contributed by atoms with van der Waals surface area (Å²) in [7, 11) is 0. The Morgan fingerprint density at radius 2 is 1.88 bits per heavy atom. The van der Waals surface area contributed by atoms with Gasteiger partial charge in [-0.3, -0.25) is 0 Å². The molecule has 2 nitrogen and oxygen atoms in total. The van der Waals surface area contributed by atoms with Gasteiger partial charge in [0.2, 0.25) is 0 Å². The van der Waals surface area contributed by atoms with Crippen molar-refractivity contribution in [3.05, 3.63) is 0 Å². The number of hydrogen-bond acceptors (Lipinski definition) is 3. The van der Waals surface area contributed by atoms with E-state index < -0.39 is 0 Å². The minimum Gasteiger partial charge on any atom is -0.317 e. The number of nitrogens with one attached hydrogen (secondary N) is 1. The highest BCUT2D eigenvalue weighted by Gasteiger charge is 2.30. The van der Waals surface area contributed by atoms with Crippen molar-refractivity contribution in [1.82, 2.24) is 10.2 Å². The van der Waals surface area contributed by atoms with Gasteiger partial charge in [0.15, 0.2) is 0 Å². The molecule has 100 valence electrons. The predicted molar refractivity (Wildman–Crippen MR) is 77.8 cm³/mol. The monoisotopic (exact) mass is 256 g/mol. The highest BCUT2D eigenvalue weighted by atomic mass is 32.2. The number of hydrogen-bond donors (Lipinski definition) is 1. The van der Waals surface area contributed by atoms with E-state index in [-0.39, 0.29) is 0 Å². The van der Waals surface area contributed by atoms with Crippen molar-refractivity contribution in [1.29, 1.82) is 0 Å². The molecule has 0 bridgehead atoms. The van der Waals surface area contributed by atoms with Crippen LogP contribution < -0.4 is 5.32 Å². The molecule has 2 aliphatic rings. The van der Waals surface area contributed by atoms with E-state index in [4.69, 9.17) is 0 Å². The van der Waals surface area contributed by atoms with E-state index in [0.29, 0.717) is 0 Å². The summed E-state index contributed by atoms with van der Waals surface area (Å²) in [4.78, 5) is 2.80. The van der Waals surface area contributed by atoms with Crippen LogP contribution in [0.1, 0.15) is 38.5 Å². The van der Waals surface area contributed by atoms with Crippen molar-refractivity contribution < 1.29 is 0 Å². The zero-order valence-corrected chi connectivity index (χ0v) is 12.1. The van der Waals surface area contributed by atoms with Crippen molar-refractivity contribution in [2.45, 2.75) is 44.6 Å². The average molecular weight is 256 g/mol. The summed E-state index contributed by atoms with van der Waals surface area (Å²) in [6, 6.07) is 0.958. The summed E-state index contributed by atoms with van der Waals surface area (Å²) < 4.78 is 0. The van der Waals surface area contributed by atoms with Gasteiger partial charge in [0.1, 0.15) is 0 Å². The summed E-state index contributed by atoms with van der Waals surface area (Å²) in [6.07, 6.45) is 10.7. The second kappa shape index (κ2) is 7.65. The highest BCUT2D eigenvalue weighted by Crippen LogP contribution is 2.29. The van der Waals surface area contributed by atoms with Crippen LogP contribution in [0.25, 0.3) is 0 Å². The number of piperidine rings is 1. The third-order valence-electron chi connectivity index (χ3n) is 4.06. The van der Waals surface area contributed by atoms with Gasteiger partial charge in [0.05, 0.1) is 0 Å². The first-order valence-corrected chi connectivity index (χ1v) is 8.73. The van der Waals surface area contributed by atoms with Gasteiger partial charge in [-0.1, -0.05) is 0 Å². The largest absolute Gasteiger partial charge is 0.317 e. The first kappa shape index (κ1) is 13.7. The molecule has 2 rings (SSSR count). The molecule has 17 heavy (non-hydrogen) atoms. The standard InChI is InChI=1S/C14H28N2S/c1-17-11-3-2-10-16(14-4-5-14)12-13-6-8-15-9-7-13/h13-15H,2-12H2,1H3. The van der Waals surface area contributed by atoms with Gasteiger partial charge >= 0.3 is 0 Å². The molecule has 0 amide bonds. The molecule has 3 heteroatoms. The van der Waals surface area contributed by atoms with Gasteiger partial charge in [-0.15, -0.1) is 0 Å². The Morgan fingerprint density at radius 3 is 2.53 bits per heavy atom. The third-order valence-corrected chi connectivity index (χ3v) is 4.76. The quantitative estimate of drug-likeness (QED) is 0.672. The Kier molecular flexibility index (Phi) is 6.16. The normalized spacial score (nSPS) is 22.2. The Morgan fingerprint density at radius 1 is 1.12 bits per heavy atom. The molecular formula is C14H28N2S. The Labute approximate surface area is 111 Å². The lowest BCUT2D eigenvalue weighted by Crippen LogP contribution is -2.37. The van der Waals surface area contributed by atoms with Crippen molar-refractivity contribution in [3.63, 3.8) is 0 Å². The molecule has 0 aromatic heterocycles. The zero-order chi connectivity index (χ0) is 11.9. The van der Waals surface area contributed by atoms with Crippen LogP contribution in [0.15, 0.2) is 0 Å². The molecule has 1 saturated heterocycles. The first-order chi connectivity index (χ1) is 8.40. The van der Waals surface area contributed by atoms with Crippen LogP contribution in [0, 0.1) is 5.92 Å². The molecule has 0 spiro atoms. The smallest absolute Gasteiger partial charge is 0.00965 e. The second-order valence-electron chi connectivity index (χ2n) is 5.62. The lowest BCUT2D eigenvalue weighted by molar-refractivity contribution is 0.195. The molecule has 1 aliphatic carbocycles. The number of rotatable bonds is 8. The van der Waals surface area contributed by atoms with Crippen LogP contribution in [0.4, 0.5) is 0 Å². The lowest BCUT2D eigenvalue weighted by Gasteiger charge is -2.30. The molecular weight excluding hydrogens is 228 g/mol. The van der Waals surface area contributed by atoms with Crippen LogP contribution in [0.2, 0.25) is 0 Å².